The Kier molecular flexibility index (Phi) is 8.21. The van der Waals surface area contributed by atoms with Gasteiger partial charge in [0.25, 0.3) is 0 Å². The predicted molar refractivity (Wildman–Crippen MR) is 95.2 cm³/mol. The molecular formula is C17H28N2O4S. The highest BCUT2D eigenvalue weighted by Gasteiger charge is 2.18. The molecule has 0 aliphatic rings. The summed E-state index contributed by atoms with van der Waals surface area (Å²) in [6.45, 7) is 8.10. The summed E-state index contributed by atoms with van der Waals surface area (Å²) in [6.07, 6.45) is 0.132. The van der Waals surface area contributed by atoms with E-state index in [1.165, 1.54) is 0 Å². The maximum atomic E-state index is 12.3. The minimum atomic E-state index is -3.47. The van der Waals surface area contributed by atoms with Gasteiger partial charge in [-0.1, -0.05) is 43.7 Å². The predicted octanol–water partition coefficient (Wildman–Crippen LogP) is 2.58. The zero-order valence-corrected chi connectivity index (χ0v) is 15.7. The van der Waals surface area contributed by atoms with Gasteiger partial charge in [-0.15, -0.1) is 0 Å². The number of carbonyl (C=O) groups excluding carboxylic acids is 1. The maximum Gasteiger partial charge on any atom is 0.407 e. The van der Waals surface area contributed by atoms with Crippen molar-refractivity contribution in [1.29, 1.82) is 0 Å². The Labute approximate surface area is 145 Å². The van der Waals surface area contributed by atoms with Gasteiger partial charge in [0.1, 0.15) is 0 Å². The highest BCUT2D eigenvalue weighted by atomic mass is 32.2. The van der Waals surface area contributed by atoms with Crippen molar-refractivity contribution in [3.8, 4) is 0 Å². The van der Waals surface area contributed by atoms with E-state index >= 15 is 0 Å². The van der Waals surface area contributed by atoms with Crippen LogP contribution in [0.4, 0.5) is 4.79 Å². The van der Waals surface area contributed by atoms with E-state index in [0.29, 0.717) is 12.3 Å². The monoisotopic (exact) mass is 356 g/mol. The fraction of sp³-hybridized carbons (Fsp3) is 0.588. The first-order valence-electron chi connectivity index (χ1n) is 8.18. The Hall–Kier alpha value is -1.60. The molecule has 136 valence electrons. The van der Waals surface area contributed by atoms with Gasteiger partial charge in [0.05, 0.1) is 12.4 Å². The third-order valence-corrected chi connectivity index (χ3v) is 4.66. The molecule has 7 heteroatoms. The number of benzene rings is 1. The summed E-state index contributed by atoms with van der Waals surface area (Å²) in [5.41, 5.74) is 1.76. The summed E-state index contributed by atoms with van der Waals surface area (Å²) >= 11 is 0. The van der Waals surface area contributed by atoms with Crippen LogP contribution in [0.1, 0.15) is 38.3 Å². The number of aryl methyl sites for hydroxylation is 1. The van der Waals surface area contributed by atoms with Crippen molar-refractivity contribution in [1.82, 2.24) is 10.0 Å². The Bertz CT molecular complexity index is 629. The summed E-state index contributed by atoms with van der Waals surface area (Å²) < 4.78 is 32.0. The van der Waals surface area contributed by atoms with Crippen LogP contribution < -0.4 is 10.0 Å². The summed E-state index contributed by atoms with van der Waals surface area (Å²) in [6, 6.07) is 7.09. The van der Waals surface area contributed by atoms with Crippen molar-refractivity contribution in [2.24, 2.45) is 5.92 Å². The lowest BCUT2D eigenvalue weighted by molar-refractivity contribution is 0.146. The number of hydrogen-bond donors (Lipinski definition) is 2. The first kappa shape index (κ1) is 20.4. The summed E-state index contributed by atoms with van der Waals surface area (Å²) in [5, 5.41) is 2.71. The van der Waals surface area contributed by atoms with Crippen molar-refractivity contribution < 1.29 is 17.9 Å². The van der Waals surface area contributed by atoms with Crippen LogP contribution >= 0.6 is 0 Å². The molecule has 0 saturated heterocycles. The van der Waals surface area contributed by atoms with E-state index in [0.717, 1.165) is 11.1 Å². The lowest BCUT2D eigenvalue weighted by Crippen LogP contribution is -2.44. The Balaban J connectivity index is 2.64. The van der Waals surface area contributed by atoms with Gasteiger partial charge < -0.3 is 10.1 Å². The van der Waals surface area contributed by atoms with Crippen LogP contribution in [-0.2, 0) is 20.5 Å². The van der Waals surface area contributed by atoms with Crippen LogP contribution in [0, 0.1) is 12.8 Å². The average molecular weight is 356 g/mol. The molecule has 0 aromatic heterocycles. The van der Waals surface area contributed by atoms with Gasteiger partial charge in [0.15, 0.2) is 0 Å². The van der Waals surface area contributed by atoms with Crippen LogP contribution in [0.15, 0.2) is 24.3 Å². The summed E-state index contributed by atoms with van der Waals surface area (Å²) in [4.78, 5) is 11.6. The van der Waals surface area contributed by atoms with Crippen molar-refractivity contribution >= 4 is 16.1 Å². The van der Waals surface area contributed by atoms with Gasteiger partial charge in [-0.25, -0.2) is 17.9 Å². The fourth-order valence-corrected chi connectivity index (χ4v) is 3.58. The molecule has 0 radical (unpaired) electrons. The molecule has 1 rings (SSSR count). The molecule has 0 aliphatic heterocycles. The van der Waals surface area contributed by atoms with Crippen LogP contribution in [0.3, 0.4) is 0 Å². The van der Waals surface area contributed by atoms with Crippen molar-refractivity contribution in [3.05, 3.63) is 35.4 Å². The quantitative estimate of drug-likeness (QED) is 0.712. The van der Waals surface area contributed by atoms with Gasteiger partial charge in [0, 0.05) is 12.6 Å². The van der Waals surface area contributed by atoms with Crippen molar-refractivity contribution in [3.63, 3.8) is 0 Å². The van der Waals surface area contributed by atoms with Gasteiger partial charge in [0.2, 0.25) is 10.0 Å². The van der Waals surface area contributed by atoms with Crippen molar-refractivity contribution in [2.75, 3.05) is 13.2 Å². The van der Waals surface area contributed by atoms with Crippen LogP contribution in [0.5, 0.6) is 0 Å². The SMILES string of the molecule is CCOC(=O)NC(CNS(=O)(=O)Cc1cccc(C)c1)CC(C)C. The third-order valence-electron chi connectivity index (χ3n) is 3.34. The third kappa shape index (κ3) is 8.31. The second kappa shape index (κ2) is 9.64. The molecule has 0 saturated carbocycles. The molecule has 0 bridgehead atoms. The fourth-order valence-electron chi connectivity index (χ4n) is 2.40. The molecule has 0 heterocycles. The average Bonchev–Trinajstić information content (AvgIpc) is 2.44. The molecule has 0 spiro atoms. The van der Waals surface area contributed by atoms with E-state index in [9.17, 15) is 13.2 Å². The first-order valence-corrected chi connectivity index (χ1v) is 9.83. The molecule has 6 nitrogen and oxygen atoms in total. The number of hydrogen-bond acceptors (Lipinski definition) is 4. The van der Waals surface area contributed by atoms with E-state index in [2.05, 4.69) is 10.0 Å². The van der Waals surface area contributed by atoms with Gasteiger partial charge in [-0.2, -0.15) is 0 Å². The van der Waals surface area contributed by atoms with Crippen LogP contribution in [-0.4, -0.2) is 33.7 Å². The maximum absolute atomic E-state index is 12.3. The molecule has 1 unspecified atom stereocenters. The molecule has 24 heavy (non-hydrogen) atoms. The number of amides is 1. The largest absolute Gasteiger partial charge is 0.450 e. The van der Waals surface area contributed by atoms with E-state index in [-0.39, 0.29) is 24.9 Å². The minimum absolute atomic E-state index is 0.0809. The highest BCUT2D eigenvalue weighted by Crippen LogP contribution is 2.09. The van der Waals surface area contributed by atoms with E-state index < -0.39 is 16.1 Å². The molecule has 1 amide bonds. The normalized spacial score (nSPS) is 12.9. The van der Waals surface area contributed by atoms with E-state index in [1.807, 2.05) is 39.0 Å². The zero-order chi connectivity index (χ0) is 18.2. The smallest absolute Gasteiger partial charge is 0.407 e. The molecule has 1 aromatic rings. The summed E-state index contributed by atoms with van der Waals surface area (Å²) in [7, 11) is -3.47. The van der Waals surface area contributed by atoms with Gasteiger partial charge >= 0.3 is 6.09 Å². The minimum Gasteiger partial charge on any atom is -0.450 e. The number of ether oxygens (including phenoxy) is 1. The molecular weight excluding hydrogens is 328 g/mol. The number of rotatable bonds is 9. The second-order valence-electron chi connectivity index (χ2n) is 6.29. The standard InChI is InChI=1S/C17H28N2O4S/c1-5-23-17(20)19-16(9-13(2)3)11-18-24(21,22)12-15-8-6-7-14(4)10-15/h6-8,10,13,16,18H,5,9,11-12H2,1-4H3,(H,19,20). The van der Waals surface area contributed by atoms with Gasteiger partial charge in [-0.05, 0) is 31.7 Å². The van der Waals surface area contributed by atoms with Crippen molar-refractivity contribution in [2.45, 2.75) is 45.9 Å². The van der Waals surface area contributed by atoms with Crippen LogP contribution in [0.25, 0.3) is 0 Å². The van der Waals surface area contributed by atoms with Crippen LogP contribution in [0.2, 0.25) is 0 Å². The summed E-state index contributed by atoms with van der Waals surface area (Å²) in [5.74, 6) is 0.237. The van der Waals surface area contributed by atoms with E-state index in [4.69, 9.17) is 4.74 Å². The number of carbonyl (C=O) groups is 1. The first-order chi connectivity index (χ1) is 11.2. The molecule has 0 aliphatic carbocycles. The number of nitrogens with one attached hydrogen (secondary N) is 2. The number of alkyl carbamates (subject to hydrolysis) is 1. The van der Waals surface area contributed by atoms with E-state index in [1.54, 1.807) is 13.0 Å². The molecule has 2 N–H and O–H groups in total. The molecule has 1 aromatic carbocycles. The molecule has 0 fully saturated rings. The Morgan fingerprint density at radius 3 is 2.58 bits per heavy atom. The topological polar surface area (TPSA) is 84.5 Å². The number of sulfonamides is 1. The molecule has 1 atom stereocenters. The second-order valence-corrected chi connectivity index (χ2v) is 8.09. The Morgan fingerprint density at radius 1 is 1.29 bits per heavy atom. The lowest BCUT2D eigenvalue weighted by Gasteiger charge is -2.20. The zero-order valence-electron chi connectivity index (χ0n) is 14.8. The lowest BCUT2D eigenvalue weighted by atomic mass is 10.0. The van der Waals surface area contributed by atoms with Gasteiger partial charge in [-0.3, -0.25) is 0 Å². The highest BCUT2D eigenvalue weighted by molar-refractivity contribution is 7.88. The Morgan fingerprint density at radius 2 is 2.00 bits per heavy atom.